The van der Waals surface area contributed by atoms with Crippen LogP contribution in [-0.2, 0) is 21.4 Å². The maximum Gasteiger partial charge on any atom is 0.243 e. The molecule has 1 fully saturated rings. The fraction of sp³-hybridized carbons (Fsp3) is 0.269. The van der Waals surface area contributed by atoms with Gasteiger partial charge in [0.25, 0.3) is 0 Å². The number of rotatable bonds is 6. The zero-order valence-corrected chi connectivity index (χ0v) is 22.1. The zero-order chi connectivity index (χ0) is 25.3. The first-order chi connectivity index (χ1) is 17.3. The summed E-state index contributed by atoms with van der Waals surface area (Å²) in [5, 5.41) is 1.16. The van der Waals surface area contributed by atoms with Crippen LogP contribution in [-0.4, -0.2) is 41.7 Å². The van der Waals surface area contributed by atoms with E-state index in [1.165, 1.54) is 15.6 Å². The predicted molar refractivity (Wildman–Crippen MR) is 143 cm³/mol. The molecule has 1 amide bonds. The topological polar surface area (TPSA) is 83.5 Å². The van der Waals surface area contributed by atoms with Crippen molar-refractivity contribution in [1.82, 2.24) is 14.3 Å². The monoisotopic (exact) mass is 540 g/mol. The average Bonchev–Trinajstić information content (AvgIpc) is 3.31. The van der Waals surface area contributed by atoms with Crippen molar-refractivity contribution in [3.05, 3.63) is 83.1 Å². The minimum Gasteiger partial charge on any atom is -0.283 e. The smallest absolute Gasteiger partial charge is 0.243 e. The van der Waals surface area contributed by atoms with E-state index in [1.807, 2.05) is 31.2 Å². The van der Waals surface area contributed by atoms with E-state index in [1.54, 1.807) is 47.6 Å². The number of hydrogen-bond donors (Lipinski definition) is 0. The molecule has 2 aromatic heterocycles. The molecule has 7 nitrogen and oxygen atoms in total. The Morgan fingerprint density at radius 1 is 1.19 bits per heavy atom. The van der Waals surface area contributed by atoms with Gasteiger partial charge in [0.15, 0.2) is 5.13 Å². The largest absolute Gasteiger partial charge is 0.283 e. The van der Waals surface area contributed by atoms with Crippen LogP contribution in [0.25, 0.3) is 10.2 Å². The summed E-state index contributed by atoms with van der Waals surface area (Å²) in [6.07, 6.45) is 4.63. The predicted octanol–water partition coefficient (Wildman–Crippen LogP) is 5.29. The number of carbonyl (C=O) groups excluding carboxylic acids is 1. The number of amides is 1. The molecule has 10 heteroatoms. The van der Waals surface area contributed by atoms with Crippen molar-refractivity contribution >= 4 is 54.2 Å². The highest BCUT2D eigenvalue weighted by Crippen LogP contribution is 2.34. The summed E-state index contributed by atoms with van der Waals surface area (Å²) in [6.45, 7) is 2.73. The minimum atomic E-state index is -3.69. The summed E-state index contributed by atoms with van der Waals surface area (Å²) in [6, 6.07) is 16.0. The Hall–Kier alpha value is -2.85. The fourth-order valence-electron chi connectivity index (χ4n) is 4.36. The number of halogens is 1. The second kappa shape index (κ2) is 10.3. The SMILES string of the molecule is Cc1ccc(S(=O)(=O)N2CCCC(C(=O)N(Cc3cccnc3)c3nc4ccc(Cl)cc4s3)C2)cc1. The van der Waals surface area contributed by atoms with Gasteiger partial charge in [0, 0.05) is 30.5 Å². The van der Waals surface area contributed by atoms with Crippen LogP contribution < -0.4 is 4.90 Å². The Kier molecular flexibility index (Phi) is 7.07. The molecule has 1 saturated heterocycles. The van der Waals surface area contributed by atoms with Crippen molar-refractivity contribution in [3.63, 3.8) is 0 Å². The van der Waals surface area contributed by atoms with Crippen molar-refractivity contribution in [2.75, 3.05) is 18.0 Å². The second-order valence-electron chi connectivity index (χ2n) is 8.91. The Labute approximate surface area is 219 Å². The molecule has 0 N–H and O–H groups in total. The maximum atomic E-state index is 13.9. The fourth-order valence-corrected chi connectivity index (χ4v) is 7.13. The number of thiazole rings is 1. The molecule has 0 aliphatic carbocycles. The standard InChI is InChI=1S/C26H25ClN4O3S2/c1-18-6-9-22(10-7-18)36(33,34)30-13-3-5-20(17-30)25(32)31(16-19-4-2-12-28-15-19)26-29-23-11-8-21(27)14-24(23)35-26/h2,4,6-12,14-15,20H,3,5,13,16-17H2,1H3. The average molecular weight is 541 g/mol. The van der Waals surface area contributed by atoms with E-state index in [0.29, 0.717) is 36.1 Å². The van der Waals surface area contributed by atoms with Gasteiger partial charge in [0.2, 0.25) is 15.9 Å². The zero-order valence-electron chi connectivity index (χ0n) is 19.7. The van der Waals surface area contributed by atoms with Crippen molar-refractivity contribution in [3.8, 4) is 0 Å². The lowest BCUT2D eigenvalue weighted by Gasteiger charge is -2.33. The van der Waals surface area contributed by atoms with E-state index >= 15 is 0 Å². The summed E-state index contributed by atoms with van der Waals surface area (Å²) in [5.41, 5.74) is 2.61. The number of pyridine rings is 1. The lowest BCUT2D eigenvalue weighted by atomic mass is 9.98. The van der Waals surface area contributed by atoms with Gasteiger partial charge < -0.3 is 0 Å². The van der Waals surface area contributed by atoms with Crippen molar-refractivity contribution in [1.29, 1.82) is 0 Å². The Morgan fingerprint density at radius 2 is 2.00 bits per heavy atom. The number of fused-ring (bicyclic) bond motifs is 1. The number of benzene rings is 2. The lowest BCUT2D eigenvalue weighted by molar-refractivity contribution is -0.123. The Bertz CT molecular complexity index is 1490. The number of aromatic nitrogens is 2. The third kappa shape index (κ3) is 5.15. The van der Waals surface area contributed by atoms with Crippen LogP contribution >= 0.6 is 22.9 Å². The molecule has 3 heterocycles. The molecule has 1 unspecified atom stereocenters. The van der Waals surface area contributed by atoms with Crippen LogP contribution in [0.2, 0.25) is 5.02 Å². The first-order valence-electron chi connectivity index (χ1n) is 11.6. The third-order valence-electron chi connectivity index (χ3n) is 6.29. The summed E-state index contributed by atoms with van der Waals surface area (Å²) >= 11 is 7.56. The number of aryl methyl sites for hydroxylation is 1. The van der Waals surface area contributed by atoms with Gasteiger partial charge in [-0.2, -0.15) is 4.31 Å². The van der Waals surface area contributed by atoms with Gasteiger partial charge in [0.05, 0.1) is 27.6 Å². The van der Waals surface area contributed by atoms with Crippen molar-refractivity contribution in [2.45, 2.75) is 31.2 Å². The van der Waals surface area contributed by atoms with Crippen LogP contribution in [0.3, 0.4) is 0 Å². The molecular weight excluding hydrogens is 516 g/mol. The molecule has 1 aliphatic heterocycles. The number of piperidine rings is 1. The van der Waals surface area contributed by atoms with E-state index in [4.69, 9.17) is 16.6 Å². The van der Waals surface area contributed by atoms with E-state index in [9.17, 15) is 13.2 Å². The van der Waals surface area contributed by atoms with Gasteiger partial charge in [0.1, 0.15) is 0 Å². The molecule has 186 valence electrons. The van der Waals surface area contributed by atoms with Crippen LogP contribution in [0.1, 0.15) is 24.0 Å². The van der Waals surface area contributed by atoms with Crippen LogP contribution in [0.15, 0.2) is 71.9 Å². The highest BCUT2D eigenvalue weighted by atomic mass is 35.5. The maximum absolute atomic E-state index is 13.9. The highest BCUT2D eigenvalue weighted by Gasteiger charge is 2.36. The molecule has 2 aromatic carbocycles. The molecular formula is C26H25ClN4O3S2. The van der Waals surface area contributed by atoms with E-state index in [0.717, 1.165) is 21.3 Å². The van der Waals surface area contributed by atoms with Gasteiger partial charge in [-0.1, -0.05) is 46.7 Å². The van der Waals surface area contributed by atoms with Crippen LogP contribution in [0.5, 0.6) is 0 Å². The van der Waals surface area contributed by atoms with E-state index in [2.05, 4.69) is 4.98 Å². The summed E-state index contributed by atoms with van der Waals surface area (Å²) in [7, 11) is -3.69. The number of sulfonamides is 1. The first kappa shape index (κ1) is 24.8. The van der Waals surface area contributed by atoms with Crippen molar-refractivity contribution in [2.24, 2.45) is 5.92 Å². The number of carbonyl (C=O) groups is 1. The van der Waals surface area contributed by atoms with Gasteiger partial charge in [-0.3, -0.25) is 14.7 Å². The molecule has 0 radical (unpaired) electrons. The lowest BCUT2D eigenvalue weighted by Crippen LogP contribution is -2.46. The molecule has 5 rings (SSSR count). The van der Waals surface area contributed by atoms with Gasteiger partial charge in [-0.15, -0.1) is 0 Å². The molecule has 36 heavy (non-hydrogen) atoms. The summed E-state index contributed by atoms with van der Waals surface area (Å²) < 4.78 is 29.0. The quantitative estimate of drug-likeness (QED) is 0.332. The van der Waals surface area contributed by atoms with Crippen molar-refractivity contribution < 1.29 is 13.2 Å². The molecule has 0 saturated carbocycles. The third-order valence-corrected chi connectivity index (χ3v) is 9.45. The molecule has 4 aromatic rings. The number of anilines is 1. The molecule has 1 aliphatic rings. The normalized spacial score (nSPS) is 16.8. The summed E-state index contributed by atoms with van der Waals surface area (Å²) in [5.74, 6) is -0.626. The molecule has 0 bridgehead atoms. The molecule has 1 atom stereocenters. The van der Waals surface area contributed by atoms with Gasteiger partial charge in [-0.05, 0) is 61.7 Å². The first-order valence-corrected chi connectivity index (χ1v) is 14.3. The van der Waals surface area contributed by atoms with E-state index in [-0.39, 0.29) is 17.3 Å². The second-order valence-corrected chi connectivity index (χ2v) is 12.3. The summed E-state index contributed by atoms with van der Waals surface area (Å²) in [4.78, 5) is 24.7. The number of hydrogen-bond acceptors (Lipinski definition) is 6. The van der Waals surface area contributed by atoms with Gasteiger partial charge >= 0.3 is 0 Å². The Balaban J connectivity index is 1.44. The Morgan fingerprint density at radius 3 is 2.75 bits per heavy atom. The molecule has 0 spiro atoms. The minimum absolute atomic E-state index is 0.134. The van der Waals surface area contributed by atoms with E-state index < -0.39 is 15.9 Å². The van der Waals surface area contributed by atoms with Crippen LogP contribution in [0.4, 0.5) is 5.13 Å². The van der Waals surface area contributed by atoms with Crippen LogP contribution in [0, 0.1) is 12.8 Å². The highest BCUT2D eigenvalue weighted by molar-refractivity contribution is 7.89. The van der Waals surface area contributed by atoms with Gasteiger partial charge in [-0.25, -0.2) is 13.4 Å². The number of nitrogens with zero attached hydrogens (tertiary/aromatic N) is 4.